The van der Waals surface area contributed by atoms with E-state index in [0.29, 0.717) is 30.7 Å². The molecule has 0 amide bonds. The summed E-state index contributed by atoms with van der Waals surface area (Å²) in [6.45, 7) is 9.37. The van der Waals surface area contributed by atoms with Crippen LogP contribution in [0, 0.1) is 27.7 Å². The fraction of sp³-hybridized carbons (Fsp3) is 0.192. The Hall–Kier alpha value is -7.57. The van der Waals surface area contributed by atoms with Gasteiger partial charge >= 0.3 is 0 Å². The summed E-state index contributed by atoms with van der Waals surface area (Å²) in [6, 6.07) is 41.2. The second kappa shape index (κ2) is 19.9. The van der Waals surface area contributed by atoms with Crippen molar-refractivity contribution in [2.75, 3.05) is 48.2 Å². The number of likely N-dealkylation sites (N-methyl/N-ethyl adjacent to an activating group) is 2. The van der Waals surface area contributed by atoms with Crippen LogP contribution in [0.5, 0.6) is 11.5 Å². The summed E-state index contributed by atoms with van der Waals surface area (Å²) in [5, 5.41) is 3.55. The molecule has 0 fully saturated rings. The summed E-state index contributed by atoms with van der Waals surface area (Å²) in [6.07, 6.45) is 7.01. The summed E-state index contributed by atoms with van der Waals surface area (Å²) in [5.41, 5.74) is 19.0. The number of fused-ring (bicyclic) bond motifs is 2. The third kappa shape index (κ3) is 10.5. The van der Waals surface area contributed by atoms with E-state index in [1.165, 1.54) is 33.4 Å². The van der Waals surface area contributed by atoms with Gasteiger partial charge in [0.1, 0.15) is 13.2 Å². The maximum atomic E-state index is 6.00. The molecule has 6 heterocycles. The molecule has 0 bridgehead atoms. The highest BCUT2D eigenvalue weighted by molar-refractivity contribution is 6.28. The van der Waals surface area contributed by atoms with Crippen molar-refractivity contribution in [3.8, 4) is 33.8 Å². The largest absolute Gasteiger partial charge is 0.486 e. The molecule has 4 aromatic carbocycles. The topological polar surface area (TPSA) is 140 Å². The van der Waals surface area contributed by atoms with E-state index in [1.54, 1.807) is 12.4 Å². The lowest BCUT2D eigenvalue weighted by atomic mass is 10.00. The van der Waals surface area contributed by atoms with Crippen LogP contribution in [0.1, 0.15) is 45.7 Å². The van der Waals surface area contributed by atoms with Crippen LogP contribution in [0.2, 0.25) is 5.28 Å². The minimum atomic E-state index is 0.106. The molecule has 0 spiro atoms. The van der Waals surface area contributed by atoms with Crippen molar-refractivity contribution < 1.29 is 9.47 Å². The number of ether oxygens (including phenoxy) is 2. The number of nitrogens with two attached hydrogens (primary N) is 1. The van der Waals surface area contributed by atoms with Gasteiger partial charge in [0.25, 0.3) is 0 Å². The Morgan fingerprint density at radius 2 is 1.05 bits per heavy atom. The first-order valence-corrected chi connectivity index (χ1v) is 21.7. The lowest BCUT2D eigenvalue weighted by molar-refractivity contribution is 0.264. The number of nitrogen functional groups attached to an aromatic ring is 1. The normalized spacial score (nSPS) is 14.8. The maximum Gasteiger partial charge on any atom is 0.229 e. The molecule has 2 aliphatic heterocycles. The molecule has 10 rings (SSSR count). The van der Waals surface area contributed by atoms with Crippen LogP contribution in [-0.4, -0.2) is 57.2 Å². The quantitative estimate of drug-likeness (QED) is 0.121. The Balaban J connectivity index is 0.000000147. The van der Waals surface area contributed by atoms with Crippen molar-refractivity contribution in [2.45, 2.75) is 39.8 Å². The number of benzene rings is 4. The Kier molecular flexibility index (Phi) is 13.5. The van der Waals surface area contributed by atoms with E-state index in [1.807, 2.05) is 94.0 Å². The fourth-order valence-electron chi connectivity index (χ4n) is 7.85. The van der Waals surface area contributed by atoms with Gasteiger partial charge in [0, 0.05) is 49.3 Å². The van der Waals surface area contributed by atoms with Gasteiger partial charge in [-0.25, -0.2) is 9.97 Å². The van der Waals surface area contributed by atoms with Gasteiger partial charge in [0.05, 0.1) is 24.5 Å². The summed E-state index contributed by atoms with van der Waals surface area (Å²) in [4.78, 5) is 30.1. The average molecular weight is 884 g/mol. The standard InChI is InChI=1S/C26H25N5O.C14H14ClN3O.C12H12N2/c1-17-6-4-5-7-22(17)23-16-32-24-15-28-26(30-25(24)31(23)3)29-21-10-8-19(9-11-21)20-12-13-27-18(2)14-20;1-9-5-3-4-6-10(9)11-8-19-12-7-16-14(15)17-13(12)18(11)2;1-9-8-11(6-7-14-9)10-2-4-12(13)5-3-10/h4-15,23H,16H2,1-3H3,(H,28,29,30);3-7,11H,8H2,1-2H3;2-8H,13H2,1H3. The lowest BCUT2D eigenvalue weighted by Crippen LogP contribution is -2.34. The van der Waals surface area contributed by atoms with Gasteiger partial charge in [0.2, 0.25) is 11.2 Å². The van der Waals surface area contributed by atoms with E-state index in [-0.39, 0.29) is 17.4 Å². The van der Waals surface area contributed by atoms with E-state index in [9.17, 15) is 0 Å². The summed E-state index contributed by atoms with van der Waals surface area (Å²) in [5.74, 6) is 3.44. The van der Waals surface area contributed by atoms with Gasteiger partial charge in [-0.05, 0) is 132 Å². The van der Waals surface area contributed by atoms with Crippen LogP contribution in [-0.2, 0) is 0 Å². The summed E-state index contributed by atoms with van der Waals surface area (Å²) < 4.78 is 11.7. The van der Waals surface area contributed by atoms with Crippen molar-refractivity contribution in [1.82, 2.24) is 29.9 Å². The molecule has 0 radical (unpaired) electrons. The molecule has 12 nitrogen and oxygen atoms in total. The van der Waals surface area contributed by atoms with E-state index < -0.39 is 0 Å². The van der Waals surface area contributed by atoms with Gasteiger partial charge in [-0.15, -0.1) is 0 Å². The first kappa shape index (κ1) is 44.1. The second-order valence-electron chi connectivity index (χ2n) is 16.0. The molecular formula is C52H51ClN10O2. The van der Waals surface area contributed by atoms with Crippen LogP contribution in [0.4, 0.5) is 29.0 Å². The highest BCUT2D eigenvalue weighted by Gasteiger charge is 2.30. The molecule has 328 valence electrons. The van der Waals surface area contributed by atoms with Crippen molar-refractivity contribution in [3.05, 3.63) is 185 Å². The number of pyridine rings is 2. The van der Waals surface area contributed by atoms with Gasteiger partial charge in [-0.1, -0.05) is 72.8 Å². The third-order valence-electron chi connectivity index (χ3n) is 11.4. The van der Waals surface area contributed by atoms with Crippen LogP contribution in [0.15, 0.2) is 146 Å². The number of aryl methyl sites for hydroxylation is 4. The summed E-state index contributed by atoms with van der Waals surface area (Å²) in [7, 11) is 4.06. The Morgan fingerprint density at radius 1 is 0.569 bits per heavy atom. The molecule has 13 heteroatoms. The van der Waals surface area contributed by atoms with Crippen LogP contribution in [0.25, 0.3) is 22.3 Å². The van der Waals surface area contributed by atoms with E-state index in [0.717, 1.165) is 45.5 Å². The molecule has 3 N–H and O–H groups in total. The number of halogens is 1. The SMILES string of the molecule is Cc1cc(-c2ccc(N)cc2)ccn1.Cc1cc(-c2ccc(Nc3ncc4c(n3)N(C)C(c3ccccc3C)CO4)cc2)ccn1.Cc1ccccc1C1COc2cnc(Cl)nc2N1C. The van der Waals surface area contributed by atoms with E-state index in [4.69, 9.17) is 31.8 Å². The Morgan fingerprint density at radius 3 is 1.55 bits per heavy atom. The molecule has 2 unspecified atom stereocenters. The molecule has 0 saturated heterocycles. The van der Waals surface area contributed by atoms with Crippen molar-refractivity contribution in [1.29, 1.82) is 0 Å². The molecular weight excluding hydrogens is 832 g/mol. The van der Waals surface area contributed by atoms with Crippen molar-refractivity contribution >= 4 is 40.6 Å². The van der Waals surface area contributed by atoms with Crippen LogP contribution < -0.4 is 30.3 Å². The third-order valence-corrected chi connectivity index (χ3v) is 11.6. The van der Waals surface area contributed by atoms with Crippen LogP contribution >= 0.6 is 11.6 Å². The van der Waals surface area contributed by atoms with Gasteiger partial charge in [0.15, 0.2) is 23.1 Å². The first-order valence-electron chi connectivity index (χ1n) is 21.3. The Bertz CT molecular complexity index is 2900. The zero-order valence-corrected chi connectivity index (χ0v) is 38.0. The molecule has 65 heavy (non-hydrogen) atoms. The minimum Gasteiger partial charge on any atom is -0.486 e. The maximum absolute atomic E-state index is 6.00. The van der Waals surface area contributed by atoms with Crippen molar-refractivity contribution in [3.63, 3.8) is 0 Å². The molecule has 4 aromatic heterocycles. The van der Waals surface area contributed by atoms with Gasteiger partial charge < -0.3 is 30.3 Å². The number of hydrogen-bond donors (Lipinski definition) is 2. The smallest absolute Gasteiger partial charge is 0.229 e. The second-order valence-corrected chi connectivity index (χ2v) is 16.3. The van der Waals surface area contributed by atoms with Gasteiger partial charge in [-0.3, -0.25) is 9.97 Å². The number of aromatic nitrogens is 6. The zero-order chi connectivity index (χ0) is 45.5. The number of nitrogens with one attached hydrogen (secondary N) is 1. The van der Waals surface area contributed by atoms with Crippen molar-refractivity contribution in [2.24, 2.45) is 0 Å². The van der Waals surface area contributed by atoms with E-state index >= 15 is 0 Å². The lowest BCUT2D eigenvalue weighted by Gasteiger charge is -2.35. The molecule has 0 saturated carbocycles. The summed E-state index contributed by atoms with van der Waals surface area (Å²) >= 11 is 5.86. The van der Waals surface area contributed by atoms with E-state index in [2.05, 4.69) is 122 Å². The molecule has 0 aliphatic carbocycles. The van der Waals surface area contributed by atoms with Crippen LogP contribution in [0.3, 0.4) is 0 Å². The number of anilines is 5. The average Bonchev–Trinajstić information content (AvgIpc) is 3.31. The molecule has 2 atom stereocenters. The van der Waals surface area contributed by atoms with Gasteiger partial charge in [-0.2, -0.15) is 9.97 Å². The highest BCUT2D eigenvalue weighted by Crippen LogP contribution is 2.39. The predicted octanol–water partition coefficient (Wildman–Crippen LogP) is 11.1. The number of hydrogen-bond acceptors (Lipinski definition) is 12. The fourth-order valence-corrected chi connectivity index (χ4v) is 7.98. The monoisotopic (exact) mass is 882 g/mol. The highest BCUT2D eigenvalue weighted by atomic mass is 35.5. The number of rotatable bonds is 6. The first-order chi connectivity index (χ1) is 31.5. The Labute approximate surface area is 385 Å². The molecule has 8 aromatic rings. The molecule has 2 aliphatic rings. The number of nitrogens with zero attached hydrogens (tertiary/aromatic N) is 8. The zero-order valence-electron chi connectivity index (χ0n) is 37.3. The minimum absolute atomic E-state index is 0.106. The predicted molar refractivity (Wildman–Crippen MR) is 261 cm³/mol.